The highest BCUT2D eigenvalue weighted by atomic mass is 19.1. The zero-order valence-electron chi connectivity index (χ0n) is 19.3. The lowest BCUT2D eigenvalue weighted by atomic mass is 10.00. The Kier molecular flexibility index (Phi) is 7.68. The van der Waals surface area contributed by atoms with Gasteiger partial charge < -0.3 is 15.4 Å². The molecule has 176 valence electrons. The van der Waals surface area contributed by atoms with Crippen molar-refractivity contribution < 1.29 is 23.5 Å². The predicted molar refractivity (Wildman–Crippen MR) is 123 cm³/mol. The lowest BCUT2D eigenvalue weighted by Gasteiger charge is -2.24. The monoisotopic (exact) mass is 455 g/mol. The Morgan fingerprint density at radius 2 is 1.79 bits per heavy atom. The van der Waals surface area contributed by atoms with Crippen molar-refractivity contribution in [3.8, 4) is 0 Å². The molecule has 3 amide bonds. The van der Waals surface area contributed by atoms with Crippen LogP contribution >= 0.6 is 0 Å². The molecule has 2 aromatic carbocycles. The van der Waals surface area contributed by atoms with E-state index in [1.54, 1.807) is 50.2 Å². The maximum atomic E-state index is 13.7. The van der Waals surface area contributed by atoms with Crippen LogP contribution in [0.2, 0.25) is 0 Å². The van der Waals surface area contributed by atoms with E-state index in [4.69, 9.17) is 4.74 Å². The van der Waals surface area contributed by atoms with Crippen molar-refractivity contribution in [2.45, 2.75) is 46.4 Å². The number of hydrogen-bond donors (Lipinski definition) is 2. The number of ether oxygens (including phenoxy) is 1. The molecule has 1 aliphatic heterocycles. The van der Waals surface area contributed by atoms with Crippen LogP contribution in [0.3, 0.4) is 0 Å². The van der Waals surface area contributed by atoms with Crippen molar-refractivity contribution in [2.24, 2.45) is 11.8 Å². The third-order valence-corrected chi connectivity index (χ3v) is 5.31. The molecule has 8 heteroatoms. The molecule has 3 rings (SSSR count). The molecular formula is C25H30FN3O4. The van der Waals surface area contributed by atoms with Crippen LogP contribution in [0.5, 0.6) is 0 Å². The normalized spacial score (nSPS) is 17.9. The predicted octanol–water partition coefficient (Wildman–Crippen LogP) is 4.25. The van der Waals surface area contributed by atoms with Gasteiger partial charge in [-0.1, -0.05) is 52.0 Å². The Morgan fingerprint density at radius 1 is 1.09 bits per heavy atom. The molecule has 2 unspecified atom stereocenters. The van der Waals surface area contributed by atoms with Gasteiger partial charge in [0.15, 0.2) is 12.1 Å². The van der Waals surface area contributed by atoms with Gasteiger partial charge in [0.25, 0.3) is 0 Å². The summed E-state index contributed by atoms with van der Waals surface area (Å²) in [4.78, 5) is 39.1. The fourth-order valence-electron chi connectivity index (χ4n) is 3.49. The molecule has 0 aliphatic carbocycles. The maximum Gasteiger partial charge on any atom is 0.411 e. The number of amides is 3. The van der Waals surface area contributed by atoms with Crippen molar-refractivity contribution in [1.29, 1.82) is 0 Å². The summed E-state index contributed by atoms with van der Waals surface area (Å²) in [6, 6.07) is 11.8. The van der Waals surface area contributed by atoms with Gasteiger partial charge in [0.05, 0.1) is 6.54 Å². The maximum absolute atomic E-state index is 13.7. The van der Waals surface area contributed by atoms with Gasteiger partial charge in [-0.25, -0.2) is 9.18 Å². The largest absolute Gasteiger partial charge is 0.438 e. The fraction of sp³-hybridized carbons (Fsp3) is 0.400. The standard InChI is InChI=1S/C25H30FN3O4/c1-15(2)13-27-24(31)21-22(18-8-10-20(11-9-18)28-23(30)16(3)4)33-25(32)29(21)14-17-6-5-7-19(26)12-17/h5-12,15-16,21-22H,13-14H2,1-4H3,(H,27,31)(H,28,30). The Balaban J connectivity index is 1.86. The number of cyclic esters (lactones) is 1. The molecule has 1 fully saturated rings. The quantitative estimate of drug-likeness (QED) is 0.623. The summed E-state index contributed by atoms with van der Waals surface area (Å²) in [5.41, 5.74) is 1.79. The number of nitrogens with zero attached hydrogens (tertiary/aromatic N) is 1. The minimum absolute atomic E-state index is 0.0371. The number of hydrogen-bond acceptors (Lipinski definition) is 4. The van der Waals surface area contributed by atoms with Gasteiger partial charge in [-0.2, -0.15) is 0 Å². The molecule has 2 atom stereocenters. The smallest absolute Gasteiger partial charge is 0.411 e. The van der Waals surface area contributed by atoms with Crippen LogP contribution in [-0.2, 0) is 20.9 Å². The van der Waals surface area contributed by atoms with Gasteiger partial charge in [-0.05, 0) is 41.3 Å². The highest BCUT2D eigenvalue weighted by Crippen LogP contribution is 2.34. The van der Waals surface area contributed by atoms with Crippen LogP contribution in [0, 0.1) is 17.7 Å². The van der Waals surface area contributed by atoms with Crippen LogP contribution < -0.4 is 10.6 Å². The first-order valence-corrected chi connectivity index (χ1v) is 11.1. The van der Waals surface area contributed by atoms with E-state index in [-0.39, 0.29) is 30.2 Å². The lowest BCUT2D eigenvalue weighted by Crippen LogP contribution is -2.47. The van der Waals surface area contributed by atoms with Gasteiger partial charge in [0, 0.05) is 18.2 Å². The summed E-state index contributed by atoms with van der Waals surface area (Å²) >= 11 is 0. The van der Waals surface area contributed by atoms with Crippen molar-refractivity contribution >= 4 is 23.6 Å². The number of carbonyl (C=O) groups excluding carboxylic acids is 3. The molecular weight excluding hydrogens is 425 g/mol. The van der Waals surface area contributed by atoms with Gasteiger partial charge >= 0.3 is 6.09 Å². The van der Waals surface area contributed by atoms with E-state index in [0.29, 0.717) is 23.4 Å². The van der Waals surface area contributed by atoms with Crippen LogP contribution in [0.4, 0.5) is 14.9 Å². The molecule has 7 nitrogen and oxygen atoms in total. The molecule has 0 saturated carbocycles. The van der Waals surface area contributed by atoms with Crippen LogP contribution in [0.15, 0.2) is 48.5 Å². The summed E-state index contributed by atoms with van der Waals surface area (Å²) < 4.78 is 19.3. The molecule has 0 spiro atoms. The molecule has 1 aliphatic rings. The summed E-state index contributed by atoms with van der Waals surface area (Å²) in [5.74, 6) is -0.802. The average Bonchev–Trinajstić information content (AvgIpc) is 3.08. The molecule has 0 aromatic heterocycles. The molecule has 2 N–H and O–H groups in total. The van der Waals surface area contributed by atoms with E-state index in [1.165, 1.54) is 17.0 Å². The van der Waals surface area contributed by atoms with Crippen LogP contribution in [-0.4, -0.2) is 35.4 Å². The number of nitrogens with one attached hydrogen (secondary N) is 2. The third kappa shape index (κ3) is 6.09. The first-order chi connectivity index (χ1) is 15.7. The summed E-state index contributed by atoms with van der Waals surface area (Å²) in [6.07, 6.45) is -1.49. The van der Waals surface area contributed by atoms with Gasteiger partial charge in [0.1, 0.15) is 5.82 Å². The molecule has 0 bridgehead atoms. The molecule has 0 radical (unpaired) electrons. The second kappa shape index (κ2) is 10.5. The van der Waals surface area contributed by atoms with E-state index in [2.05, 4.69) is 10.6 Å². The number of anilines is 1. The first kappa shape index (κ1) is 24.2. The number of benzene rings is 2. The second-order valence-corrected chi connectivity index (χ2v) is 8.91. The summed E-state index contributed by atoms with van der Waals surface area (Å²) in [5, 5.41) is 5.69. The highest BCUT2D eigenvalue weighted by molar-refractivity contribution is 5.92. The van der Waals surface area contributed by atoms with Gasteiger partial charge in [-0.3, -0.25) is 14.5 Å². The minimum atomic E-state index is -0.921. The Hall–Kier alpha value is -3.42. The van der Waals surface area contributed by atoms with Gasteiger partial charge in [0.2, 0.25) is 11.8 Å². The average molecular weight is 456 g/mol. The minimum Gasteiger partial charge on any atom is -0.438 e. The Morgan fingerprint density at radius 3 is 2.39 bits per heavy atom. The topological polar surface area (TPSA) is 87.7 Å². The SMILES string of the molecule is CC(C)CNC(=O)C1C(c2ccc(NC(=O)C(C)C)cc2)OC(=O)N1Cc1cccc(F)c1. The fourth-order valence-corrected chi connectivity index (χ4v) is 3.49. The van der Waals surface area contributed by atoms with E-state index in [9.17, 15) is 18.8 Å². The van der Waals surface area contributed by atoms with Crippen LogP contribution in [0.1, 0.15) is 44.9 Å². The highest BCUT2D eigenvalue weighted by Gasteiger charge is 2.46. The Bertz CT molecular complexity index is 1010. The zero-order chi connectivity index (χ0) is 24.1. The summed E-state index contributed by atoms with van der Waals surface area (Å²) in [6.45, 7) is 8.04. The number of carbonyl (C=O) groups is 3. The molecule has 1 saturated heterocycles. The summed E-state index contributed by atoms with van der Waals surface area (Å²) in [7, 11) is 0. The number of rotatable bonds is 8. The Labute approximate surface area is 193 Å². The van der Waals surface area contributed by atoms with Crippen molar-refractivity contribution in [3.63, 3.8) is 0 Å². The molecule has 33 heavy (non-hydrogen) atoms. The third-order valence-electron chi connectivity index (χ3n) is 5.31. The molecule has 2 aromatic rings. The van der Waals surface area contributed by atoms with Crippen LogP contribution in [0.25, 0.3) is 0 Å². The van der Waals surface area contributed by atoms with E-state index < -0.39 is 24.1 Å². The lowest BCUT2D eigenvalue weighted by molar-refractivity contribution is -0.126. The van der Waals surface area contributed by atoms with Crippen molar-refractivity contribution in [1.82, 2.24) is 10.2 Å². The van der Waals surface area contributed by atoms with Crippen molar-refractivity contribution in [2.75, 3.05) is 11.9 Å². The van der Waals surface area contributed by atoms with E-state index in [1.807, 2.05) is 13.8 Å². The van der Waals surface area contributed by atoms with E-state index in [0.717, 1.165) is 0 Å². The molecule has 1 heterocycles. The first-order valence-electron chi connectivity index (χ1n) is 11.1. The second-order valence-electron chi connectivity index (χ2n) is 8.91. The van der Waals surface area contributed by atoms with Gasteiger partial charge in [-0.15, -0.1) is 0 Å². The number of halogens is 1. The van der Waals surface area contributed by atoms with Crippen molar-refractivity contribution in [3.05, 3.63) is 65.5 Å². The zero-order valence-corrected chi connectivity index (χ0v) is 19.3. The van der Waals surface area contributed by atoms with E-state index >= 15 is 0 Å².